The van der Waals surface area contributed by atoms with Gasteiger partial charge in [0.2, 0.25) is 0 Å². The van der Waals surface area contributed by atoms with Crippen molar-refractivity contribution >= 4 is 11.0 Å². The maximum Gasteiger partial charge on any atom is 0.336 e. The Kier molecular flexibility index (Phi) is 5.28. The van der Waals surface area contributed by atoms with Crippen molar-refractivity contribution in [2.75, 3.05) is 0 Å². The summed E-state index contributed by atoms with van der Waals surface area (Å²) in [6, 6.07) is 3.37. The number of ether oxygens (including phenoxy) is 2. The Bertz CT molecular complexity index is 854. The van der Waals surface area contributed by atoms with Crippen LogP contribution in [0.3, 0.4) is 0 Å². The highest BCUT2D eigenvalue weighted by Crippen LogP contribution is 2.46. The van der Waals surface area contributed by atoms with Crippen LogP contribution in [0.4, 0.5) is 0 Å². The van der Waals surface area contributed by atoms with Gasteiger partial charge in [0.1, 0.15) is 17.6 Å². The van der Waals surface area contributed by atoms with Crippen molar-refractivity contribution in [1.82, 2.24) is 0 Å². The van der Waals surface area contributed by atoms with Crippen molar-refractivity contribution in [2.24, 2.45) is 5.92 Å². The molecule has 1 aromatic heterocycles. The van der Waals surface area contributed by atoms with E-state index in [2.05, 4.69) is 13.8 Å². The SMILES string of the molecule is CCCc1cc(=O)oc2c3c(cc(OC(C)CC)c12)O[C@H](C)[C@@H](C)[C@@H]3O. The average molecular weight is 360 g/mol. The van der Waals surface area contributed by atoms with E-state index in [0.717, 1.165) is 30.2 Å². The summed E-state index contributed by atoms with van der Waals surface area (Å²) in [5.41, 5.74) is 1.42. The fraction of sp³-hybridized carbons (Fsp3) is 0.571. The number of aliphatic hydroxyl groups excluding tert-OH is 1. The van der Waals surface area contributed by atoms with Gasteiger partial charge < -0.3 is 19.0 Å². The van der Waals surface area contributed by atoms with Gasteiger partial charge >= 0.3 is 5.63 Å². The van der Waals surface area contributed by atoms with Crippen LogP contribution in [-0.2, 0) is 6.42 Å². The number of rotatable bonds is 5. The number of hydrogen-bond donors (Lipinski definition) is 1. The summed E-state index contributed by atoms with van der Waals surface area (Å²) in [4.78, 5) is 12.2. The van der Waals surface area contributed by atoms with Crippen molar-refractivity contribution in [2.45, 2.75) is 72.2 Å². The second kappa shape index (κ2) is 7.31. The fourth-order valence-corrected chi connectivity index (χ4v) is 3.45. The molecule has 5 heteroatoms. The Morgan fingerprint density at radius 1 is 1.27 bits per heavy atom. The number of fused-ring (bicyclic) bond motifs is 3. The van der Waals surface area contributed by atoms with Crippen molar-refractivity contribution in [3.8, 4) is 11.5 Å². The van der Waals surface area contributed by atoms with Crippen LogP contribution in [0, 0.1) is 5.92 Å². The molecule has 1 unspecified atom stereocenters. The van der Waals surface area contributed by atoms with E-state index in [1.165, 1.54) is 6.07 Å². The molecule has 0 aliphatic carbocycles. The summed E-state index contributed by atoms with van der Waals surface area (Å²) < 4.78 is 17.7. The Morgan fingerprint density at radius 2 is 2.00 bits per heavy atom. The molecule has 1 N–H and O–H groups in total. The molecule has 0 saturated carbocycles. The molecule has 0 radical (unpaired) electrons. The van der Waals surface area contributed by atoms with Gasteiger partial charge in [-0.25, -0.2) is 4.79 Å². The topological polar surface area (TPSA) is 68.9 Å². The maximum atomic E-state index is 12.2. The second-order valence-corrected chi connectivity index (χ2v) is 7.29. The standard InChI is InChI=1S/C21H28O5/c1-6-8-14-9-17(22)26-21-18(14)15(24-11(3)7-2)10-16-19(21)20(23)12(4)13(5)25-16/h9-13,20,23H,6-8H2,1-5H3/t11?,12-,13-,20+/m1/s1. The molecule has 0 amide bonds. The molecule has 1 aromatic carbocycles. The van der Waals surface area contributed by atoms with Crippen LogP contribution in [-0.4, -0.2) is 17.3 Å². The van der Waals surface area contributed by atoms with Crippen LogP contribution in [0.1, 0.15) is 64.7 Å². The molecule has 1 aliphatic heterocycles. The maximum absolute atomic E-state index is 12.2. The zero-order valence-corrected chi connectivity index (χ0v) is 16.2. The summed E-state index contributed by atoms with van der Waals surface area (Å²) in [6.07, 6.45) is 1.61. The average Bonchev–Trinajstić information content (AvgIpc) is 2.59. The van der Waals surface area contributed by atoms with Crippen molar-refractivity contribution in [3.05, 3.63) is 33.7 Å². The first-order valence-corrected chi connectivity index (χ1v) is 9.52. The molecule has 2 aromatic rings. The van der Waals surface area contributed by atoms with E-state index in [0.29, 0.717) is 22.6 Å². The van der Waals surface area contributed by atoms with Crippen LogP contribution in [0.2, 0.25) is 0 Å². The minimum absolute atomic E-state index is 0.0162. The van der Waals surface area contributed by atoms with E-state index in [-0.39, 0.29) is 18.1 Å². The number of hydrogen-bond acceptors (Lipinski definition) is 5. The van der Waals surface area contributed by atoms with Gasteiger partial charge in [-0.05, 0) is 32.3 Å². The van der Waals surface area contributed by atoms with Gasteiger partial charge in [-0.1, -0.05) is 27.2 Å². The van der Waals surface area contributed by atoms with Gasteiger partial charge in [-0.2, -0.15) is 0 Å². The van der Waals surface area contributed by atoms with Crippen LogP contribution in [0.25, 0.3) is 11.0 Å². The third-order valence-electron chi connectivity index (χ3n) is 5.33. The van der Waals surface area contributed by atoms with E-state index in [1.54, 1.807) is 0 Å². The first-order valence-electron chi connectivity index (χ1n) is 9.52. The lowest BCUT2D eigenvalue weighted by molar-refractivity contribution is 0.0177. The van der Waals surface area contributed by atoms with Crippen molar-refractivity contribution in [3.63, 3.8) is 0 Å². The molecule has 4 atom stereocenters. The predicted molar refractivity (Wildman–Crippen MR) is 101 cm³/mol. The van der Waals surface area contributed by atoms with E-state index >= 15 is 0 Å². The molecule has 26 heavy (non-hydrogen) atoms. The second-order valence-electron chi connectivity index (χ2n) is 7.29. The van der Waals surface area contributed by atoms with Crippen LogP contribution in [0.5, 0.6) is 11.5 Å². The fourth-order valence-electron chi connectivity index (χ4n) is 3.45. The van der Waals surface area contributed by atoms with E-state index in [9.17, 15) is 9.90 Å². The van der Waals surface area contributed by atoms with Crippen molar-refractivity contribution < 1.29 is 19.0 Å². The number of benzene rings is 1. The quantitative estimate of drug-likeness (QED) is 0.802. The minimum Gasteiger partial charge on any atom is -0.490 e. The molecule has 0 fully saturated rings. The van der Waals surface area contributed by atoms with E-state index in [4.69, 9.17) is 13.9 Å². The first-order chi connectivity index (χ1) is 12.4. The van der Waals surface area contributed by atoms with Crippen LogP contribution in [0.15, 0.2) is 21.3 Å². The largest absolute Gasteiger partial charge is 0.490 e. The zero-order valence-electron chi connectivity index (χ0n) is 16.2. The predicted octanol–water partition coefficient (Wildman–Crippen LogP) is 4.37. The van der Waals surface area contributed by atoms with E-state index in [1.807, 2.05) is 26.8 Å². The normalized spacial score (nSPS) is 23.4. The number of aryl methyl sites for hydroxylation is 1. The molecule has 0 spiro atoms. The molecular formula is C21H28O5. The molecule has 5 nitrogen and oxygen atoms in total. The third kappa shape index (κ3) is 3.20. The monoisotopic (exact) mass is 360 g/mol. The molecule has 0 saturated heterocycles. The Hall–Kier alpha value is -2.01. The Balaban J connectivity index is 2.34. The third-order valence-corrected chi connectivity index (χ3v) is 5.33. The lowest BCUT2D eigenvalue weighted by atomic mass is 9.87. The summed E-state index contributed by atoms with van der Waals surface area (Å²) in [5, 5.41) is 11.6. The number of aliphatic hydroxyl groups is 1. The highest BCUT2D eigenvalue weighted by atomic mass is 16.5. The molecule has 1 aliphatic rings. The van der Waals surface area contributed by atoms with Gasteiger partial charge in [0.05, 0.1) is 23.2 Å². The zero-order chi connectivity index (χ0) is 19.0. The van der Waals surface area contributed by atoms with Crippen molar-refractivity contribution in [1.29, 1.82) is 0 Å². The van der Waals surface area contributed by atoms with Gasteiger partial charge in [-0.3, -0.25) is 0 Å². The van der Waals surface area contributed by atoms with Gasteiger partial charge in [0.25, 0.3) is 0 Å². The smallest absolute Gasteiger partial charge is 0.336 e. The molecule has 0 bridgehead atoms. The molecule has 142 valence electrons. The first kappa shape index (κ1) is 18.8. The minimum atomic E-state index is -0.756. The Labute approximate surface area is 153 Å². The van der Waals surface area contributed by atoms with Gasteiger partial charge in [-0.15, -0.1) is 0 Å². The molecular weight excluding hydrogens is 332 g/mol. The van der Waals surface area contributed by atoms with Crippen LogP contribution >= 0.6 is 0 Å². The summed E-state index contributed by atoms with van der Waals surface area (Å²) in [5.74, 6) is 1.08. The Morgan fingerprint density at radius 3 is 2.65 bits per heavy atom. The van der Waals surface area contributed by atoms with E-state index < -0.39 is 11.7 Å². The highest BCUT2D eigenvalue weighted by Gasteiger charge is 2.36. The van der Waals surface area contributed by atoms with Crippen LogP contribution < -0.4 is 15.1 Å². The lowest BCUT2D eigenvalue weighted by Gasteiger charge is -2.34. The highest BCUT2D eigenvalue weighted by molar-refractivity contribution is 5.91. The summed E-state index contributed by atoms with van der Waals surface area (Å²) in [6.45, 7) is 9.99. The molecule has 2 heterocycles. The summed E-state index contributed by atoms with van der Waals surface area (Å²) >= 11 is 0. The van der Waals surface area contributed by atoms with Gasteiger partial charge in [0.15, 0.2) is 5.58 Å². The van der Waals surface area contributed by atoms with Gasteiger partial charge in [0, 0.05) is 18.1 Å². The summed E-state index contributed by atoms with van der Waals surface area (Å²) in [7, 11) is 0. The molecule has 3 rings (SSSR count). The lowest BCUT2D eigenvalue weighted by Crippen LogP contribution is -2.32.